The molecular weight excluding hydrogens is 260 g/mol. The second kappa shape index (κ2) is 5.80. The number of aromatic carboxylic acids is 1. The van der Waals surface area contributed by atoms with Crippen LogP contribution in [0.4, 0.5) is 0 Å². The molecule has 0 amide bonds. The van der Waals surface area contributed by atoms with Gasteiger partial charge in [-0.3, -0.25) is 0 Å². The van der Waals surface area contributed by atoms with Crippen LogP contribution in [0.25, 0.3) is 0 Å². The number of hydrogen-bond donors (Lipinski definition) is 4. The average Bonchev–Trinajstić information content (AvgIpc) is 2.29. The van der Waals surface area contributed by atoms with E-state index in [-0.39, 0.29) is 11.4 Å². The largest absolute Gasteiger partial charge is 0.507 e. The molecule has 0 fully saturated rings. The fourth-order valence-electron chi connectivity index (χ4n) is 1.25. The minimum atomic E-state index is -3.79. The molecule has 7 nitrogen and oxygen atoms in total. The molecular formula is C10H14N2O5S. The van der Waals surface area contributed by atoms with Crippen molar-refractivity contribution in [2.24, 2.45) is 5.73 Å². The van der Waals surface area contributed by atoms with Crippen LogP contribution in [0, 0.1) is 0 Å². The highest BCUT2D eigenvalue weighted by Crippen LogP contribution is 2.21. The summed E-state index contributed by atoms with van der Waals surface area (Å²) in [4.78, 5) is 10.6. The van der Waals surface area contributed by atoms with E-state index in [1.807, 2.05) is 0 Å². The normalized spacial score (nSPS) is 11.4. The molecule has 0 heterocycles. The van der Waals surface area contributed by atoms with E-state index < -0.39 is 27.3 Å². The first-order valence-corrected chi connectivity index (χ1v) is 6.63. The maximum Gasteiger partial charge on any atom is 0.339 e. The van der Waals surface area contributed by atoms with Crippen LogP contribution >= 0.6 is 0 Å². The van der Waals surface area contributed by atoms with Crippen LogP contribution in [0.1, 0.15) is 16.8 Å². The summed E-state index contributed by atoms with van der Waals surface area (Å²) in [5.41, 5.74) is 4.77. The summed E-state index contributed by atoms with van der Waals surface area (Å²) in [5, 5.41) is 18.1. The smallest absolute Gasteiger partial charge is 0.339 e. The zero-order chi connectivity index (χ0) is 13.8. The Kier molecular flexibility index (Phi) is 4.65. The number of aromatic hydroxyl groups is 1. The molecule has 100 valence electrons. The number of phenols is 1. The monoisotopic (exact) mass is 274 g/mol. The average molecular weight is 274 g/mol. The second-order valence-corrected chi connectivity index (χ2v) is 5.29. The van der Waals surface area contributed by atoms with Crippen molar-refractivity contribution in [3.63, 3.8) is 0 Å². The van der Waals surface area contributed by atoms with Gasteiger partial charge in [0.2, 0.25) is 10.0 Å². The van der Waals surface area contributed by atoms with Crippen molar-refractivity contribution >= 4 is 16.0 Å². The van der Waals surface area contributed by atoms with E-state index in [1.54, 1.807) is 0 Å². The lowest BCUT2D eigenvalue weighted by atomic mass is 10.2. The van der Waals surface area contributed by atoms with Crippen molar-refractivity contribution in [3.05, 3.63) is 23.8 Å². The minimum Gasteiger partial charge on any atom is -0.507 e. The van der Waals surface area contributed by atoms with Crippen LogP contribution in [0.5, 0.6) is 5.75 Å². The quantitative estimate of drug-likeness (QED) is 0.528. The van der Waals surface area contributed by atoms with Crippen LogP contribution in [0.15, 0.2) is 23.1 Å². The predicted molar refractivity (Wildman–Crippen MR) is 63.9 cm³/mol. The van der Waals surface area contributed by atoms with E-state index in [0.29, 0.717) is 13.0 Å². The van der Waals surface area contributed by atoms with Gasteiger partial charge in [-0.15, -0.1) is 0 Å². The Morgan fingerprint density at radius 1 is 1.39 bits per heavy atom. The van der Waals surface area contributed by atoms with Gasteiger partial charge >= 0.3 is 5.97 Å². The third kappa shape index (κ3) is 3.42. The second-order valence-electron chi connectivity index (χ2n) is 3.52. The molecule has 8 heteroatoms. The molecule has 0 unspecified atom stereocenters. The number of rotatable bonds is 6. The fraction of sp³-hybridized carbons (Fsp3) is 0.300. The third-order valence-corrected chi connectivity index (χ3v) is 3.64. The van der Waals surface area contributed by atoms with Crippen molar-refractivity contribution in [3.8, 4) is 5.75 Å². The van der Waals surface area contributed by atoms with Gasteiger partial charge in [0, 0.05) is 6.54 Å². The van der Waals surface area contributed by atoms with E-state index in [9.17, 15) is 18.3 Å². The number of hydrogen-bond acceptors (Lipinski definition) is 5. The van der Waals surface area contributed by atoms with Crippen LogP contribution in [-0.4, -0.2) is 37.7 Å². The lowest BCUT2D eigenvalue weighted by molar-refractivity contribution is 0.0693. The van der Waals surface area contributed by atoms with Crippen molar-refractivity contribution in [1.29, 1.82) is 0 Å². The first-order chi connectivity index (χ1) is 8.38. The number of carboxylic acids is 1. The van der Waals surface area contributed by atoms with E-state index in [4.69, 9.17) is 10.8 Å². The first kappa shape index (κ1) is 14.4. The molecule has 0 aliphatic heterocycles. The van der Waals surface area contributed by atoms with Gasteiger partial charge in [0.05, 0.1) is 4.90 Å². The van der Waals surface area contributed by atoms with Gasteiger partial charge in [0.1, 0.15) is 11.3 Å². The van der Waals surface area contributed by atoms with E-state index in [0.717, 1.165) is 18.2 Å². The van der Waals surface area contributed by atoms with Gasteiger partial charge < -0.3 is 15.9 Å². The number of nitrogens with two attached hydrogens (primary N) is 1. The van der Waals surface area contributed by atoms with Crippen molar-refractivity contribution in [2.45, 2.75) is 11.3 Å². The third-order valence-electron chi connectivity index (χ3n) is 2.18. The number of sulfonamides is 1. The molecule has 1 rings (SSSR count). The molecule has 0 bridgehead atoms. The highest BCUT2D eigenvalue weighted by Gasteiger charge is 2.18. The first-order valence-electron chi connectivity index (χ1n) is 5.14. The zero-order valence-electron chi connectivity index (χ0n) is 9.46. The van der Waals surface area contributed by atoms with Gasteiger partial charge in [-0.2, -0.15) is 0 Å². The molecule has 0 aromatic heterocycles. The zero-order valence-corrected chi connectivity index (χ0v) is 10.3. The number of carbonyl (C=O) groups is 1. The summed E-state index contributed by atoms with van der Waals surface area (Å²) in [6.45, 7) is 0.514. The maximum absolute atomic E-state index is 11.8. The van der Waals surface area contributed by atoms with Crippen LogP contribution < -0.4 is 10.5 Å². The van der Waals surface area contributed by atoms with E-state index in [1.165, 1.54) is 0 Å². The summed E-state index contributed by atoms with van der Waals surface area (Å²) in [6.07, 6.45) is 0.475. The molecule has 1 aromatic rings. The lowest BCUT2D eigenvalue weighted by Crippen LogP contribution is -2.26. The van der Waals surface area contributed by atoms with Crippen molar-refractivity contribution < 1.29 is 23.4 Å². The molecule has 0 atom stereocenters. The van der Waals surface area contributed by atoms with Crippen molar-refractivity contribution in [1.82, 2.24) is 4.72 Å². The maximum atomic E-state index is 11.8. The Bertz CT molecular complexity index is 541. The molecule has 18 heavy (non-hydrogen) atoms. The van der Waals surface area contributed by atoms with Gasteiger partial charge in [-0.25, -0.2) is 17.9 Å². The van der Waals surface area contributed by atoms with Gasteiger partial charge in [-0.1, -0.05) is 0 Å². The molecule has 1 aromatic carbocycles. The lowest BCUT2D eigenvalue weighted by Gasteiger charge is -2.07. The van der Waals surface area contributed by atoms with E-state index in [2.05, 4.69) is 4.72 Å². The molecule has 0 saturated heterocycles. The highest BCUT2D eigenvalue weighted by atomic mass is 32.2. The number of nitrogens with one attached hydrogen (secondary N) is 1. The number of benzene rings is 1. The Hall–Kier alpha value is -1.64. The predicted octanol–water partition coefficient (Wildman–Crippen LogP) is -0.282. The molecule has 5 N–H and O–H groups in total. The Morgan fingerprint density at radius 2 is 2.06 bits per heavy atom. The Morgan fingerprint density at radius 3 is 2.61 bits per heavy atom. The summed E-state index contributed by atoms with van der Waals surface area (Å²) < 4.78 is 25.8. The van der Waals surface area contributed by atoms with Gasteiger partial charge in [-0.05, 0) is 31.2 Å². The molecule has 0 aliphatic rings. The minimum absolute atomic E-state index is 0.169. The molecule has 0 radical (unpaired) electrons. The molecule has 0 saturated carbocycles. The Labute approximate surface area is 104 Å². The summed E-state index contributed by atoms with van der Waals surface area (Å²) >= 11 is 0. The standard InChI is InChI=1S/C10H14N2O5S/c11-4-1-5-12-18(16,17)7-2-3-9(13)8(6-7)10(14)15/h2-3,6,12-13H,1,4-5,11H2,(H,14,15). The van der Waals surface area contributed by atoms with Crippen LogP contribution in [-0.2, 0) is 10.0 Å². The summed E-state index contributed by atoms with van der Waals surface area (Å²) in [6, 6.07) is 3.07. The number of carboxylic acid groups (broad SMARTS) is 1. The topological polar surface area (TPSA) is 130 Å². The van der Waals surface area contributed by atoms with Crippen LogP contribution in [0.3, 0.4) is 0 Å². The van der Waals surface area contributed by atoms with Crippen LogP contribution in [0.2, 0.25) is 0 Å². The van der Waals surface area contributed by atoms with E-state index >= 15 is 0 Å². The molecule has 0 aliphatic carbocycles. The fourth-order valence-corrected chi connectivity index (χ4v) is 2.35. The van der Waals surface area contributed by atoms with Gasteiger partial charge in [0.15, 0.2) is 0 Å². The summed E-state index contributed by atoms with van der Waals surface area (Å²) in [7, 11) is -3.79. The SMILES string of the molecule is NCCCNS(=O)(=O)c1ccc(O)c(C(=O)O)c1. The Balaban J connectivity index is 3.02. The van der Waals surface area contributed by atoms with Gasteiger partial charge in [0.25, 0.3) is 0 Å². The summed E-state index contributed by atoms with van der Waals surface area (Å²) in [5.74, 6) is -1.88. The van der Waals surface area contributed by atoms with Crippen molar-refractivity contribution in [2.75, 3.05) is 13.1 Å². The molecule has 0 spiro atoms. The highest BCUT2D eigenvalue weighted by molar-refractivity contribution is 7.89.